The quantitative estimate of drug-likeness (QED) is 0.643. The highest BCUT2D eigenvalue weighted by atomic mass is 16.1. The highest BCUT2D eigenvalue weighted by molar-refractivity contribution is 5.78. The molecule has 86 valence electrons. The zero-order valence-corrected chi connectivity index (χ0v) is 10.4. The Balaban J connectivity index is 3.97. The second-order valence-corrected chi connectivity index (χ2v) is 4.89. The maximum Gasteiger partial charge on any atom is 0.132 e. The number of carbonyl (C=O) groups is 1. The monoisotopic (exact) mass is 209 g/mol. The summed E-state index contributed by atoms with van der Waals surface area (Å²) < 4.78 is 0. The van der Waals surface area contributed by atoms with E-state index in [0.717, 1.165) is 12.8 Å². The van der Waals surface area contributed by atoms with Crippen LogP contribution in [0.25, 0.3) is 0 Å². The molecule has 0 amide bonds. The summed E-state index contributed by atoms with van der Waals surface area (Å²) in [6.07, 6.45) is 3.06. The molecule has 0 bridgehead atoms. The van der Waals surface area contributed by atoms with Crippen LogP contribution in [-0.2, 0) is 4.79 Å². The van der Waals surface area contributed by atoms with Gasteiger partial charge in [0.25, 0.3) is 0 Å². The van der Waals surface area contributed by atoms with Crippen molar-refractivity contribution in [2.75, 3.05) is 0 Å². The van der Waals surface area contributed by atoms with Crippen molar-refractivity contribution in [2.45, 2.75) is 53.4 Å². The topological polar surface area (TPSA) is 40.9 Å². The number of rotatable bonds is 7. The zero-order chi connectivity index (χ0) is 11.8. The summed E-state index contributed by atoms with van der Waals surface area (Å²) >= 11 is 0. The number of nitrogens with zero attached hydrogens (tertiary/aromatic N) is 1. The largest absolute Gasteiger partial charge is 0.300 e. The predicted molar refractivity (Wildman–Crippen MR) is 62.3 cm³/mol. The summed E-state index contributed by atoms with van der Waals surface area (Å²) in [5.74, 6) is 1.33. The Bertz CT molecular complexity index is 227. The van der Waals surface area contributed by atoms with E-state index in [0.29, 0.717) is 30.5 Å². The molecule has 0 aromatic heterocycles. The molecule has 2 atom stereocenters. The first-order valence-corrected chi connectivity index (χ1v) is 5.90. The molecular weight excluding hydrogens is 186 g/mol. The van der Waals surface area contributed by atoms with Crippen molar-refractivity contribution in [3.8, 4) is 6.07 Å². The Labute approximate surface area is 93.7 Å². The Kier molecular flexibility index (Phi) is 7.03. The molecule has 0 N–H and O–H groups in total. The summed E-state index contributed by atoms with van der Waals surface area (Å²) in [5.41, 5.74) is 0. The van der Waals surface area contributed by atoms with Gasteiger partial charge in [0.15, 0.2) is 0 Å². The molecule has 0 saturated heterocycles. The second kappa shape index (κ2) is 7.45. The molecule has 0 heterocycles. The van der Waals surface area contributed by atoms with Crippen LogP contribution in [0.4, 0.5) is 0 Å². The predicted octanol–water partition coefficient (Wildman–Crippen LogP) is 3.57. The molecule has 2 unspecified atom stereocenters. The smallest absolute Gasteiger partial charge is 0.132 e. The molecular formula is C13H23NO. The molecule has 0 rings (SSSR count). The summed E-state index contributed by atoms with van der Waals surface area (Å²) in [4.78, 5) is 11.2. The second-order valence-electron chi connectivity index (χ2n) is 4.89. The number of hydrogen-bond acceptors (Lipinski definition) is 2. The first-order chi connectivity index (χ1) is 6.99. The van der Waals surface area contributed by atoms with Crippen molar-refractivity contribution in [2.24, 2.45) is 17.8 Å². The van der Waals surface area contributed by atoms with Gasteiger partial charge in [0.2, 0.25) is 0 Å². The molecule has 0 aliphatic heterocycles. The summed E-state index contributed by atoms with van der Waals surface area (Å²) in [6, 6.07) is 2.34. The van der Waals surface area contributed by atoms with E-state index in [4.69, 9.17) is 5.26 Å². The minimum Gasteiger partial charge on any atom is -0.300 e. The minimum absolute atomic E-state index is 0.115. The first kappa shape index (κ1) is 14.2. The average molecular weight is 209 g/mol. The third kappa shape index (κ3) is 7.13. The van der Waals surface area contributed by atoms with Gasteiger partial charge in [-0.05, 0) is 24.7 Å². The van der Waals surface area contributed by atoms with E-state index in [1.54, 1.807) is 0 Å². The van der Waals surface area contributed by atoms with Gasteiger partial charge < -0.3 is 0 Å². The van der Waals surface area contributed by atoms with Crippen LogP contribution in [0.15, 0.2) is 0 Å². The third-order valence-electron chi connectivity index (χ3n) is 2.60. The van der Waals surface area contributed by atoms with E-state index in [1.165, 1.54) is 0 Å². The summed E-state index contributed by atoms with van der Waals surface area (Å²) in [6.45, 7) is 8.22. The van der Waals surface area contributed by atoms with Crippen LogP contribution >= 0.6 is 0 Å². The molecule has 0 aliphatic rings. The van der Waals surface area contributed by atoms with E-state index < -0.39 is 0 Å². The van der Waals surface area contributed by atoms with E-state index in [1.807, 2.05) is 6.92 Å². The first-order valence-electron chi connectivity index (χ1n) is 5.90. The molecule has 2 heteroatoms. The standard InChI is InChI=1S/C13H23NO/c1-5-13(15)8-11(4)7-12(9-14)6-10(2)3/h10-12H,5-8H2,1-4H3. The Morgan fingerprint density at radius 3 is 2.27 bits per heavy atom. The van der Waals surface area contributed by atoms with E-state index in [-0.39, 0.29) is 5.92 Å². The molecule has 0 aliphatic carbocycles. The Morgan fingerprint density at radius 1 is 1.27 bits per heavy atom. The number of ketones is 1. The summed E-state index contributed by atoms with van der Waals surface area (Å²) in [5, 5.41) is 8.98. The molecule has 0 spiro atoms. The van der Waals surface area contributed by atoms with Gasteiger partial charge in [0.05, 0.1) is 6.07 Å². The van der Waals surface area contributed by atoms with Gasteiger partial charge in [0.1, 0.15) is 5.78 Å². The van der Waals surface area contributed by atoms with Gasteiger partial charge >= 0.3 is 0 Å². The molecule has 2 nitrogen and oxygen atoms in total. The molecule has 15 heavy (non-hydrogen) atoms. The van der Waals surface area contributed by atoms with Crippen LogP contribution in [0.5, 0.6) is 0 Å². The van der Waals surface area contributed by atoms with Gasteiger partial charge in [-0.15, -0.1) is 0 Å². The van der Waals surface area contributed by atoms with Crippen LogP contribution in [0.2, 0.25) is 0 Å². The summed E-state index contributed by atoms with van der Waals surface area (Å²) in [7, 11) is 0. The molecule has 0 fully saturated rings. The Hall–Kier alpha value is -0.840. The fraction of sp³-hybridized carbons (Fsp3) is 0.846. The number of hydrogen-bond donors (Lipinski definition) is 0. The maximum absolute atomic E-state index is 11.2. The van der Waals surface area contributed by atoms with E-state index in [2.05, 4.69) is 26.8 Å². The molecule has 0 saturated carbocycles. The van der Waals surface area contributed by atoms with Crippen LogP contribution in [0.3, 0.4) is 0 Å². The fourth-order valence-corrected chi connectivity index (χ4v) is 1.87. The third-order valence-corrected chi connectivity index (χ3v) is 2.60. The van der Waals surface area contributed by atoms with Crippen LogP contribution < -0.4 is 0 Å². The lowest BCUT2D eigenvalue weighted by atomic mass is 9.87. The SMILES string of the molecule is CCC(=O)CC(C)CC(C#N)CC(C)C. The van der Waals surface area contributed by atoms with Gasteiger partial charge in [-0.25, -0.2) is 0 Å². The molecule has 0 radical (unpaired) electrons. The van der Waals surface area contributed by atoms with Crippen LogP contribution in [0.1, 0.15) is 53.4 Å². The van der Waals surface area contributed by atoms with Crippen LogP contribution in [-0.4, -0.2) is 5.78 Å². The minimum atomic E-state index is 0.115. The number of nitriles is 1. The van der Waals surface area contributed by atoms with E-state index in [9.17, 15) is 4.79 Å². The van der Waals surface area contributed by atoms with Crippen molar-refractivity contribution in [3.63, 3.8) is 0 Å². The highest BCUT2D eigenvalue weighted by Gasteiger charge is 2.15. The van der Waals surface area contributed by atoms with Crippen molar-refractivity contribution in [3.05, 3.63) is 0 Å². The van der Waals surface area contributed by atoms with Crippen molar-refractivity contribution >= 4 is 5.78 Å². The lowest BCUT2D eigenvalue weighted by Crippen LogP contribution is -2.11. The van der Waals surface area contributed by atoms with Gasteiger partial charge in [-0.3, -0.25) is 4.79 Å². The van der Waals surface area contributed by atoms with Gasteiger partial charge in [-0.2, -0.15) is 5.26 Å². The zero-order valence-electron chi connectivity index (χ0n) is 10.4. The van der Waals surface area contributed by atoms with Crippen LogP contribution in [0, 0.1) is 29.1 Å². The van der Waals surface area contributed by atoms with Crippen molar-refractivity contribution < 1.29 is 4.79 Å². The fourth-order valence-electron chi connectivity index (χ4n) is 1.87. The van der Waals surface area contributed by atoms with Crippen molar-refractivity contribution in [1.82, 2.24) is 0 Å². The maximum atomic E-state index is 11.2. The van der Waals surface area contributed by atoms with Gasteiger partial charge in [0, 0.05) is 18.8 Å². The number of Topliss-reactive ketones (excluding diaryl/α,β-unsaturated/α-hetero) is 1. The normalized spacial score (nSPS) is 14.7. The Morgan fingerprint density at radius 2 is 1.87 bits per heavy atom. The molecule has 0 aromatic rings. The lowest BCUT2D eigenvalue weighted by Gasteiger charge is -2.16. The average Bonchev–Trinajstić information content (AvgIpc) is 2.15. The number of carbonyl (C=O) groups excluding carboxylic acids is 1. The van der Waals surface area contributed by atoms with Gasteiger partial charge in [-0.1, -0.05) is 27.7 Å². The highest BCUT2D eigenvalue weighted by Crippen LogP contribution is 2.21. The van der Waals surface area contributed by atoms with Crippen molar-refractivity contribution in [1.29, 1.82) is 5.26 Å². The lowest BCUT2D eigenvalue weighted by molar-refractivity contribution is -0.119. The molecule has 0 aromatic carbocycles. The van der Waals surface area contributed by atoms with E-state index >= 15 is 0 Å².